The highest BCUT2D eigenvalue weighted by atomic mass is 32.2. The lowest BCUT2D eigenvalue weighted by Gasteiger charge is -2.42. The molecule has 8 nitrogen and oxygen atoms in total. The number of amides is 1. The Morgan fingerprint density at radius 1 is 0.894 bits per heavy atom. The average Bonchev–Trinajstić information content (AvgIpc) is 3.62. The molecule has 1 amide bonds. The predicted octanol–water partition coefficient (Wildman–Crippen LogP) is 5.83. The van der Waals surface area contributed by atoms with Gasteiger partial charge in [-0.05, 0) is 78.9 Å². The van der Waals surface area contributed by atoms with Gasteiger partial charge in [0, 0.05) is 31.6 Å². The van der Waals surface area contributed by atoms with Gasteiger partial charge in [-0.3, -0.25) is 9.59 Å². The first kappa shape index (κ1) is 33.0. The van der Waals surface area contributed by atoms with Gasteiger partial charge in [-0.1, -0.05) is 72.8 Å². The average molecular weight is 658 g/mol. The number of hydrogen-bond donors (Lipinski definition) is 1. The summed E-state index contributed by atoms with van der Waals surface area (Å²) in [5.41, 5.74) is 0.961. The molecule has 6 rings (SSSR count). The Labute approximate surface area is 275 Å². The van der Waals surface area contributed by atoms with Crippen molar-refractivity contribution in [2.24, 2.45) is 0 Å². The van der Waals surface area contributed by atoms with Gasteiger partial charge in [-0.25, -0.2) is 17.5 Å². The number of nitrogens with one attached hydrogen (secondary N) is 1. The van der Waals surface area contributed by atoms with E-state index in [4.69, 9.17) is 4.74 Å². The van der Waals surface area contributed by atoms with Crippen LogP contribution in [0.5, 0.6) is 0 Å². The van der Waals surface area contributed by atoms with Crippen LogP contribution in [0.25, 0.3) is 10.8 Å². The summed E-state index contributed by atoms with van der Waals surface area (Å²) in [5, 5.41) is 1.29. The Hall–Kier alpha value is -3.96. The maximum absolute atomic E-state index is 13.8. The zero-order valence-corrected chi connectivity index (χ0v) is 27.1. The van der Waals surface area contributed by atoms with Crippen molar-refractivity contribution in [3.63, 3.8) is 0 Å². The third kappa shape index (κ3) is 7.46. The van der Waals surface area contributed by atoms with Gasteiger partial charge in [0.2, 0.25) is 15.9 Å². The van der Waals surface area contributed by atoms with Gasteiger partial charge >= 0.3 is 0 Å². The minimum Gasteiger partial charge on any atom is -0.369 e. The summed E-state index contributed by atoms with van der Waals surface area (Å²) in [6, 6.07) is 24.8. The summed E-state index contributed by atoms with van der Waals surface area (Å²) in [4.78, 5) is 30.0. The van der Waals surface area contributed by atoms with Gasteiger partial charge in [0.25, 0.3) is 0 Å². The molecule has 2 saturated heterocycles. The fraction of sp³-hybridized carbons (Fsp3) is 0.351. The number of benzene rings is 4. The first-order valence-electron chi connectivity index (χ1n) is 16.2. The van der Waals surface area contributed by atoms with Gasteiger partial charge in [0.05, 0.1) is 23.1 Å². The van der Waals surface area contributed by atoms with E-state index in [0.717, 1.165) is 30.6 Å². The number of nitrogens with zero attached hydrogens (tertiary/aromatic N) is 2. The van der Waals surface area contributed by atoms with E-state index < -0.39 is 21.7 Å². The highest BCUT2D eigenvalue weighted by Crippen LogP contribution is 2.38. The second kappa shape index (κ2) is 14.4. The standard InChI is InChI=1S/C37H40FN3O5S/c38-31-15-13-30(14-16-31)37(46-25-24-40-20-6-7-21-40)18-22-41(23-19-37)36(43)26-34(29-9-2-1-3-10-29)39-47(44,45)35-17-12-28-8-4-5-11-32(28)33(35)27-42/h1-5,8-17,27,34,39H,6-7,18-26H2. The Morgan fingerprint density at radius 2 is 1.57 bits per heavy atom. The SMILES string of the molecule is O=Cc1c(S(=O)(=O)NC(CC(=O)N2CCC(OCCN3CCCC3)(c3ccc(F)cc3)CC2)c2ccccc2)ccc2ccccc12. The molecule has 2 fully saturated rings. The van der Waals surface area contributed by atoms with Crippen LogP contribution in [-0.2, 0) is 25.2 Å². The maximum atomic E-state index is 13.8. The molecule has 4 aromatic carbocycles. The van der Waals surface area contributed by atoms with Crippen molar-refractivity contribution in [2.45, 2.75) is 48.6 Å². The van der Waals surface area contributed by atoms with E-state index in [2.05, 4.69) is 9.62 Å². The van der Waals surface area contributed by atoms with Gasteiger partial charge in [0.15, 0.2) is 6.29 Å². The molecule has 0 bridgehead atoms. The van der Waals surface area contributed by atoms with E-state index in [-0.39, 0.29) is 28.6 Å². The van der Waals surface area contributed by atoms with Crippen LogP contribution >= 0.6 is 0 Å². The second-order valence-corrected chi connectivity index (χ2v) is 14.1. The number of aldehydes is 1. The molecule has 0 aromatic heterocycles. The summed E-state index contributed by atoms with van der Waals surface area (Å²) < 4.78 is 50.8. The first-order chi connectivity index (χ1) is 22.8. The Bertz CT molecular complexity index is 1800. The lowest BCUT2D eigenvalue weighted by molar-refractivity contribution is -0.140. The summed E-state index contributed by atoms with van der Waals surface area (Å²) >= 11 is 0. The molecule has 0 aliphatic carbocycles. The van der Waals surface area contributed by atoms with E-state index in [1.165, 1.54) is 31.0 Å². The van der Waals surface area contributed by atoms with Crippen molar-refractivity contribution in [2.75, 3.05) is 39.3 Å². The molecule has 1 atom stereocenters. The summed E-state index contributed by atoms with van der Waals surface area (Å²) in [5.74, 6) is -0.507. The Morgan fingerprint density at radius 3 is 2.28 bits per heavy atom. The number of piperidine rings is 1. The number of hydrogen-bond acceptors (Lipinski definition) is 6. The number of rotatable bonds is 12. The number of carbonyl (C=O) groups excluding carboxylic acids is 2. The van der Waals surface area contributed by atoms with E-state index in [9.17, 15) is 22.4 Å². The molecule has 2 aliphatic rings. The van der Waals surface area contributed by atoms with Gasteiger partial charge in [-0.2, -0.15) is 0 Å². The highest BCUT2D eigenvalue weighted by molar-refractivity contribution is 7.89. The number of ether oxygens (including phenoxy) is 1. The van der Waals surface area contributed by atoms with Crippen LogP contribution in [0.3, 0.4) is 0 Å². The Kier molecular flexibility index (Phi) is 10.1. The molecule has 2 aliphatic heterocycles. The maximum Gasteiger partial charge on any atom is 0.241 e. The zero-order chi connectivity index (χ0) is 32.9. The summed E-state index contributed by atoms with van der Waals surface area (Å²) in [6.45, 7) is 4.33. The lowest BCUT2D eigenvalue weighted by Crippen LogP contribution is -2.48. The fourth-order valence-electron chi connectivity index (χ4n) is 6.86. The van der Waals surface area contributed by atoms with Crippen molar-refractivity contribution in [3.05, 3.63) is 114 Å². The third-order valence-electron chi connectivity index (χ3n) is 9.49. The molecule has 2 heterocycles. The van der Waals surface area contributed by atoms with Crippen molar-refractivity contribution >= 4 is 33.0 Å². The van der Waals surface area contributed by atoms with Crippen molar-refractivity contribution < 1.29 is 27.1 Å². The number of halogens is 1. The molecular weight excluding hydrogens is 617 g/mol. The molecule has 10 heteroatoms. The van der Waals surface area contributed by atoms with Crippen LogP contribution in [0.15, 0.2) is 95.9 Å². The van der Waals surface area contributed by atoms with E-state index in [0.29, 0.717) is 49.8 Å². The first-order valence-corrected chi connectivity index (χ1v) is 17.7. The second-order valence-electron chi connectivity index (χ2n) is 12.4. The highest BCUT2D eigenvalue weighted by Gasteiger charge is 2.39. The normalized spacial score (nSPS) is 17.5. The summed E-state index contributed by atoms with van der Waals surface area (Å²) in [7, 11) is -4.20. The van der Waals surface area contributed by atoms with Crippen LogP contribution < -0.4 is 4.72 Å². The molecule has 246 valence electrons. The molecule has 47 heavy (non-hydrogen) atoms. The molecule has 0 saturated carbocycles. The van der Waals surface area contributed by atoms with Gasteiger partial charge in [0.1, 0.15) is 5.82 Å². The molecule has 4 aromatic rings. The third-order valence-corrected chi connectivity index (χ3v) is 11.0. The van der Waals surface area contributed by atoms with E-state index in [1.54, 1.807) is 59.5 Å². The Balaban J connectivity index is 1.19. The van der Waals surface area contributed by atoms with Crippen LogP contribution in [0.1, 0.15) is 59.6 Å². The smallest absolute Gasteiger partial charge is 0.241 e. The van der Waals surface area contributed by atoms with Crippen molar-refractivity contribution in [1.29, 1.82) is 0 Å². The summed E-state index contributed by atoms with van der Waals surface area (Å²) in [6.07, 6.45) is 3.92. The van der Waals surface area contributed by atoms with Crippen LogP contribution in [0, 0.1) is 5.82 Å². The number of likely N-dealkylation sites (tertiary alicyclic amines) is 2. The largest absolute Gasteiger partial charge is 0.369 e. The topological polar surface area (TPSA) is 96.0 Å². The number of carbonyl (C=O) groups is 2. The molecule has 1 N–H and O–H groups in total. The molecule has 1 unspecified atom stereocenters. The molecule has 0 spiro atoms. The monoisotopic (exact) mass is 657 g/mol. The van der Waals surface area contributed by atoms with Crippen LogP contribution in [0.4, 0.5) is 4.39 Å². The minimum absolute atomic E-state index is 0.0756. The molecule has 0 radical (unpaired) electrons. The van der Waals surface area contributed by atoms with Crippen molar-refractivity contribution in [3.8, 4) is 0 Å². The minimum atomic E-state index is -4.20. The van der Waals surface area contributed by atoms with Crippen LogP contribution in [0.2, 0.25) is 0 Å². The quantitative estimate of drug-likeness (QED) is 0.193. The molecular formula is C37H40FN3O5S. The van der Waals surface area contributed by atoms with Crippen molar-refractivity contribution in [1.82, 2.24) is 14.5 Å². The van der Waals surface area contributed by atoms with E-state index >= 15 is 0 Å². The fourth-order valence-corrected chi connectivity index (χ4v) is 8.28. The lowest BCUT2D eigenvalue weighted by atomic mass is 9.83. The number of fused-ring (bicyclic) bond motifs is 1. The predicted molar refractivity (Wildman–Crippen MR) is 179 cm³/mol. The number of sulfonamides is 1. The van der Waals surface area contributed by atoms with E-state index in [1.807, 2.05) is 18.2 Å². The van der Waals surface area contributed by atoms with Gasteiger partial charge < -0.3 is 14.5 Å². The van der Waals surface area contributed by atoms with Crippen LogP contribution in [-0.4, -0.2) is 69.7 Å². The van der Waals surface area contributed by atoms with Gasteiger partial charge in [-0.15, -0.1) is 0 Å². The zero-order valence-electron chi connectivity index (χ0n) is 26.3.